The van der Waals surface area contributed by atoms with E-state index in [0.29, 0.717) is 17.8 Å². The maximum atomic E-state index is 12.1. The number of hydrogen-bond donors (Lipinski definition) is 1. The largest absolute Gasteiger partial charge is 0.444 e. The van der Waals surface area contributed by atoms with Gasteiger partial charge in [-0.1, -0.05) is 0 Å². The Morgan fingerprint density at radius 3 is 2.81 bits per heavy atom. The molecule has 118 valence electrons. The molecule has 6 nitrogen and oxygen atoms in total. The molecule has 1 aliphatic rings. The van der Waals surface area contributed by atoms with Crippen LogP contribution in [0.1, 0.15) is 23.4 Å². The number of carbonyl (C=O) groups excluding carboxylic acids is 2. The number of carbonyl (C=O) groups is 2. The zero-order valence-corrected chi connectivity index (χ0v) is 14.2. The van der Waals surface area contributed by atoms with Crippen LogP contribution < -0.4 is 5.73 Å². The van der Waals surface area contributed by atoms with E-state index >= 15 is 0 Å². The van der Waals surface area contributed by atoms with Crippen molar-refractivity contribution in [2.24, 2.45) is 5.73 Å². The third kappa shape index (κ3) is 4.72. The molecule has 0 aromatic carbocycles. The summed E-state index contributed by atoms with van der Waals surface area (Å²) in [4.78, 5) is 27.3. The Morgan fingerprint density at radius 1 is 1.52 bits per heavy atom. The Morgan fingerprint density at radius 2 is 2.24 bits per heavy atom. The molecule has 1 atom stereocenters. The molecule has 1 aromatic rings. The van der Waals surface area contributed by atoms with E-state index in [0.717, 1.165) is 12.8 Å². The van der Waals surface area contributed by atoms with Gasteiger partial charge >= 0.3 is 0 Å². The number of likely N-dealkylation sites (N-methyl/N-ethyl adjacent to an activating group) is 1. The molecule has 2 heterocycles. The Hall–Kier alpha value is -1.05. The van der Waals surface area contributed by atoms with Crippen LogP contribution in [0.4, 0.5) is 0 Å². The molecule has 1 aromatic heterocycles. The zero-order chi connectivity index (χ0) is 14.7. The van der Waals surface area contributed by atoms with Gasteiger partial charge in [0.05, 0.1) is 6.54 Å². The normalized spacial score (nSPS) is 18.0. The topological polar surface area (TPSA) is 79.8 Å². The smallest absolute Gasteiger partial charge is 0.289 e. The van der Waals surface area contributed by atoms with Gasteiger partial charge in [0.25, 0.3) is 5.91 Å². The number of piperidine rings is 1. The van der Waals surface area contributed by atoms with Crippen molar-refractivity contribution in [2.45, 2.75) is 18.9 Å². The second-order valence-electron chi connectivity index (χ2n) is 5.01. The summed E-state index contributed by atoms with van der Waals surface area (Å²) in [5.41, 5.74) is 5.85. The number of likely N-dealkylation sites (tertiary alicyclic amines) is 1. The molecule has 0 radical (unpaired) electrons. The molecule has 1 unspecified atom stereocenters. The first kappa shape index (κ1) is 18.0. The SMILES string of the molecule is CN(CC(=O)N1CCCC(N)C1)C(=O)c1ccc(Br)o1.Cl. The summed E-state index contributed by atoms with van der Waals surface area (Å²) < 4.78 is 5.68. The van der Waals surface area contributed by atoms with Gasteiger partial charge in [0.2, 0.25) is 5.91 Å². The molecule has 2 amide bonds. The van der Waals surface area contributed by atoms with Gasteiger partial charge in [-0.2, -0.15) is 0 Å². The summed E-state index contributed by atoms with van der Waals surface area (Å²) in [6.07, 6.45) is 1.86. The van der Waals surface area contributed by atoms with Crippen molar-refractivity contribution in [1.82, 2.24) is 9.80 Å². The summed E-state index contributed by atoms with van der Waals surface area (Å²) in [5, 5.41) is 0. The molecule has 1 fully saturated rings. The first-order valence-corrected chi connectivity index (χ1v) is 7.31. The minimum absolute atomic E-state index is 0. The minimum atomic E-state index is -0.314. The summed E-state index contributed by atoms with van der Waals surface area (Å²) in [6.45, 7) is 1.30. The highest BCUT2D eigenvalue weighted by atomic mass is 79.9. The molecule has 21 heavy (non-hydrogen) atoms. The van der Waals surface area contributed by atoms with Gasteiger partial charge in [-0.15, -0.1) is 12.4 Å². The van der Waals surface area contributed by atoms with Crippen LogP contribution in [0.3, 0.4) is 0 Å². The van der Waals surface area contributed by atoms with Crippen molar-refractivity contribution >= 4 is 40.2 Å². The van der Waals surface area contributed by atoms with Gasteiger partial charge in [-0.05, 0) is 40.9 Å². The number of furan rings is 1. The molecular weight excluding hydrogens is 362 g/mol. The third-order valence-electron chi connectivity index (χ3n) is 3.31. The summed E-state index contributed by atoms with van der Waals surface area (Å²) in [6, 6.07) is 3.26. The van der Waals surface area contributed by atoms with Crippen molar-refractivity contribution in [3.05, 3.63) is 22.6 Å². The van der Waals surface area contributed by atoms with Crippen molar-refractivity contribution in [3.63, 3.8) is 0 Å². The fourth-order valence-corrected chi connectivity index (χ4v) is 2.54. The second kappa shape index (κ2) is 7.82. The minimum Gasteiger partial charge on any atom is -0.444 e. The van der Waals surface area contributed by atoms with Crippen LogP contribution >= 0.6 is 28.3 Å². The number of halogens is 2. The predicted octanol–water partition coefficient (Wildman–Crippen LogP) is 1.49. The van der Waals surface area contributed by atoms with Gasteiger partial charge < -0.3 is 20.0 Å². The molecular formula is C13H19BrClN3O3. The van der Waals surface area contributed by atoms with Crippen LogP contribution in [-0.2, 0) is 4.79 Å². The van der Waals surface area contributed by atoms with Gasteiger partial charge in [-0.25, -0.2) is 0 Å². The van der Waals surface area contributed by atoms with Crippen LogP contribution in [0.2, 0.25) is 0 Å². The third-order valence-corrected chi connectivity index (χ3v) is 3.74. The Balaban J connectivity index is 0.00000220. The number of rotatable bonds is 3. The highest BCUT2D eigenvalue weighted by molar-refractivity contribution is 9.10. The van der Waals surface area contributed by atoms with Crippen LogP contribution in [-0.4, -0.2) is 54.3 Å². The standard InChI is InChI=1S/C13H18BrN3O3.ClH/c1-16(13(19)10-4-5-11(14)20-10)8-12(18)17-6-2-3-9(15)7-17;/h4-5,9H,2-3,6-8,15H2,1H3;1H. The average Bonchev–Trinajstić information content (AvgIpc) is 2.84. The Bertz CT molecular complexity index is 509. The van der Waals surface area contributed by atoms with Gasteiger partial charge in [-0.3, -0.25) is 9.59 Å². The van der Waals surface area contributed by atoms with Crippen LogP contribution in [0.25, 0.3) is 0 Å². The van der Waals surface area contributed by atoms with Crippen LogP contribution in [0.5, 0.6) is 0 Å². The maximum absolute atomic E-state index is 12.1. The van der Waals surface area contributed by atoms with E-state index < -0.39 is 0 Å². The molecule has 0 bridgehead atoms. The van der Waals surface area contributed by atoms with E-state index in [1.54, 1.807) is 24.1 Å². The van der Waals surface area contributed by atoms with Crippen molar-refractivity contribution < 1.29 is 14.0 Å². The van der Waals surface area contributed by atoms with Gasteiger partial charge in [0.1, 0.15) is 0 Å². The molecule has 2 rings (SSSR count). The van der Waals surface area contributed by atoms with E-state index in [4.69, 9.17) is 10.2 Å². The van der Waals surface area contributed by atoms with Gasteiger partial charge in [0.15, 0.2) is 10.4 Å². The molecule has 8 heteroatoms. The predicted molar refractivity (Wildman–Crippen MR) is 84.4 cm³/mol. The van der Waals surface area contributed by atoms with E-state index in [-0.39, 0.29) is 42.6 Å². The first-order chi connectivity index (χ1) is 9.47. The lowest BCUT2D eigenvalue weighted by Gasteiger charge is -2.31. The monoisotopic (exact) mass is 379 g/mol. The molecule has 0 spiro atoms. The summed E-state index contributed by atoms with van der Waals surface area (Å²) in [5.74, 6) is -0.186. The van der Waals surface area contributed by atoms with E-state index in [9.17, 15) is 9.59 Å². The van der Waals surface area contributed by atoms with E-state index in [1.807, 2.05) is 0 Å². The lowest BCUT2D eigenvalue weighted by molar-refractivity contribution is -0.132. The molecule has 2 N–H and O–H groups in total. The zero-order valence-electron chi connectivity index (χ0n) is 11.8. The Labute approximate surface area is 138 Å². The highest BCUT2D eigenvalue weighted by Gasteiger charge is 2.24. The number of nitrogens with zero attached hydrogens (tertiary/aromatic N) is 2. The summed E-state index contributed by atoms with van der Waals surface area (Å²) >= 11 is 3.14. The van der Waals surface area contributed by atoms with Crippen molar-refractivity contribution in [1.29, 1.82) is 0 Å². The van der Waals surface area contributed by atoms with E-state index in [2.05, 4.69) is 15.9 Å². The lowest BCUT2D eigenvalue weighted by Crippen LogP contribution is -2.49. The molecule has 1 aliphatic heterocycles. The molecule has 1 saturated heterocycles. The Kier molecular flexibility index (Phi) is 6.70. The molecule has 0 aliphatic carbocycles. The lowest BCUT2D eigenvalue weighted by atomic mass is 10.1. The second-order valence-corrected chi connectivity index (χ2v) is 5.79. The average molecular weight is 381 g/mol. The first-order valence-electron chi connectivity index (χ1n) is 6.51. The fraction of sp³-hybridized carbons (Fsp3) is 0.538. The highest BCUT2D eigenvalue weighted by Crippen LogP contribution is 2.15. The number of nitrogens with two attached hydrogens (primary N) is 1. The molecule has 0 saturated carbocycles. The van der Waals surface area contributed by atoms with E-state index in [1.165, 1.54) is 4.90 Å². The number of amides is 2. The van der Waals surface area contributed by atoms with Crippen molar-refractivity contribution in [2.75, 3.05) is 26.7 Å². The summed E-state index contributed by atoms with van der Waals surface area (Å²) in [7, 11) is 1.58. The van der Waals surface area contributed by atoms with Crippen LogP contribution in [0.15, 0.2) is 21.2 Å². The van der Waals surface area contributed by atoms with Crippen molar-refractivity contribution in [3.8, 4) is 0 Å². The van der Waals surface area contributed by atoms with Crippen LogP contribution in [0, 0.1) is 0 Å². The quantitative estimate of drug-likeness (QED) is 0.861. The van der Waals surface area contributed by atoms with Gasteiger partial charge in [0, 0.05) is 26.2 Å². The number of hydrogen-bond acceptors (Lipinski definition) is 4. The fourth-order valence-electron chi connectivity index (χ4n) is 2.23. The maximum Gasteiger partial charge on any atom is 0.289 e.